The molecule has 2 N–H and O–H groups in total. The number of carbonyl (C=O) groups excluding carboxylic acids is 4. The maximum Gasteiger partial charge on any atom is 0.488 e. The van der Waals surface area contributed by atoms with Crippen LogP contribution in [0.3, 0.4) is 0 Å². The summed E-state index contributed by atoms with van der Waals surface area (Å²) in [5.74, 6) is -1.78. The molecule has 0 bridgehead atoms. The molecule has 4 aromatic carbocycles. The third-order valence-corrected chi connectivity index (χ3v) is 6.71. The molecule has 0 saturated carbocycles. The summed E-state index contributed by atoms with van der Waals surface area (Å²) in [4.78, 5) is 46.0. The van der Waals surface area contributed by atoms with E-state index in [2.05, 4.69) is 15.9 Å². The number of fused-ring (bicyclic) bond motifs is 2. The van der Waals surface area contributed by atoms with Crippen LogP contribution < -0.4 is 5.46 Å². The van der Waals surface area contributed by atoms with Gasteiger partial charge in [0.05, 0.1) is 0 Å². The van der Waals surface area contributed by atoms with E-state index in [0.29, 0.717) is 21.1 Å². The van der Waals surface area contributed by atoms with Gasteiger partial charge in [-0.05, 0) is 28.2 Å². The number of benzene rings is 4. The lowest BCUT2D eigenvalue weighted by atomic mass is 9.81. The van der Waals surface area contributed by atoms with Crippen LogP contribution >= 0.6 is 15.9 Å². The zero-order chi connectivity index (χ0) is 28.6. The lowest BCUT2D eigenvalue weighted by molar-refractivity contribution is -0.111. The van der Waals surface area contributed by atoms with E-state index >= 15 is 0 Å². The molecule has 8 heteroatoms. The Balaban J connectivity index is 0.000000148. The molecule has 2 aliphatic rings. The van der Waals surface area contributed by atoms with Crippen molar-refractivity contribution in [2.24, 2.45) is 0 Å². The first-order valence-electron chi connectivity index (χ1n) is 12.2. The molecule has 0 atom stereocenters. The average Bonchev–Trinajstić information content (AvgIpc) is 2.99. The summed E-state index contributed by atoms with van der Waals surface area (Å²) in [5, 5.41) is 17.2. The number of allylic oxidation sites excluding steroid dienone is 2. The normalized spacial score (nSPS) is 13.4. The van der Waals surface area contributed by atoms with Gasteiger partial charge >= 0.3 is 7.12 Å². The number of halogens is 1. The Morgan fingerprint density at radius 3 is 1.45 bits per heavy atom. The summed E-state index contributed by atoms with van der Waals surface area (Å²) in [7, 11) is -1.34. The third kappa shape index (κ3) is 6.55. The van der Waals surface area contributed by atoms with Crippen molar-refractivity contribution in [3.63, 3.8) is 0 Å². The fourth-order valence-electron chi connectivity index (χ4n) is 4.09. The topological polar surface area (TPSA) is 109 Å². The first kappa shape index (κ1) is 28.5. The van der Waals surface area contributed by atoms with E-state index in [0.717, 1.165) is 22.3 Å². The number of hydrogen-bond donors (Lipinski definition) is 2. The van der Waals surface area contributed by atoms with Gasteiger partial charge < -0.3 is 10.0 Å². The van der Waals surface area contributed by atoms with Gasteiger partial charge in [0.15, 0.2) is 0 Å². The minimum absolute atomic E-state index is 0.426. The second-order valence-electron chi connectivity index (χ2n) is 8.68. The van der Waals surface area contributed by atoms with E-state index in [-0.39, 0.29) is 0 Å². The lowest BCUT2D eigenvalue weighted by Gasteiger charge is -2.16. The molecule has 0 fully saturated rings. The molecule has 0 amide bonds. The largest absolute Gasteiger partial charge is 0.488 e. The smallest absolute Gasteiger partial charge is 0.423 e. The molecule has 2 aliphatic carbocycles. The molecule has 4 aromatic rings. The maximum atomic E-state index is 11.8. The van der Waals surface area contributed by atoms with Crippen LogP contribution in [0.4, 0.5) is 0 Å². The highest BCUT2D eigenvalue weighted by Crippen LogP contribution is 2.30. The van der Waals surface area contributed by atoms with Crippen LogP contribution in [0.25, 0.3) is 10.1 Å². The van der Waals surface area contributed by atoms with Crippen LogP contribution in [0, 0.1) is 0 Å². The molecule has 0 spiro atoms. The molecule has 196 valence electrons. The monoisotopic (exact) mass is 592 g/mol. The highest BCUT2D eigenvalue weighted by Gasteiger charge is 2.26. The zero-order valence-electron chi connectivity index (χ0n) is 21.0. The van der Waals surface area contributed by atoms with Gasteiger partial charge in [-0.25, -0.2) is 0 Å². The van der Waals surface area contributed by atoms with Gasteiger partial charge in [0, 0.05) is 27.2 Å². The van der Waals surface area contributed by atoms with Crippen molar-refractivity contribution in [1.82, 2.24) is 0 Å². The predicted molar refractivity (Wildman–Crippen MR) is 158 cm³/mol. The molecule has 0 aliphatic heterocycles. The van der Waals surface area contributed by atoms with Gasteiger partial charge in [-0.15, -0.1) is 0 Å². The Morgan fingerprint density at radius 2 is 0.925 bits per heavy atom. The molecule has 40 heavy (non-hydrogen) atoms. The number of hydrogen-bond acceptors (Lipinski definition) is 6. The van der Waals surface area contributed by atoms with Crippen molar-refractivity contribution < 1.29 is 29.2 Å². The number of Topliss-reactive ketones (excluding diaryl/α,β-unsaturated/α-hetero) is 2. The van der Waals surface area contributed by atoms with Gasteiger partial charge in [-0.2, -0.15) is 0 Å². The van der Waals surface area contributed by atoms with E-state index in [1.54, 1.807) is 54.6 Å². The standard InChI is InChI=1S/C16H10O2.C10H5BrO2.C6H7BO2/c17-15-10-14(11-6-2-1-3-7-11)12-8-4-5-9-13(12)16(15)18;11-8-5-9(12)10(13)7-4-2-1-3-6(7)8;8-7(9)6-4-2-1-3-5-6/h1-10H;1-5H;1-5,8-9H. The minimum Gasteiger partial charge on any atom is -0.423 e. The van der Waals surface area contributed by atoms with Crippen LogP contribution in [0.5, 0.6) is 0 Å². The summed E-state index contributed by atoms with van der Waals surface area (Å²) in [5.41, 5.74) is 4.87. The van der Waals surface area contributed by atoms with Crippen molar-refractivity contribution in [3.05, 3.63) is 149 Å². The highest BCUT2D eigenvalue weighted by atomic mass is 79.9. The lowest BCUT2D eigenvalue weighted by Crippen LogP contribution is -2.29. The molecule has 0 aromatic heterocycles. The van der Waals surface area contributed by atoms with Gasteiger partial charge in [0.25, 0.3) is 0 Å². The van der Waals surface area contributed by atoms with Crippen LogP contribution in [-0.2, 0) is 9.59 Å². The molecular formula is C32H22BBrO6. The summed E-state index contributed by atoms with van der Waals surface area (Å²) in [6.07, 6.45) is 2.74. The van der Waals surface area contributed by atoms with E-state index in [1.807, 2.05) is 54.6 Å². The quantitative estimate of drug-likeness (QED) is 0.263. The van der Waals surface area contributed by atoms with Crippen molar-refractivity contribution in [2.75, 3.05) is 0 Å². The van der Waals surface area contributed by atoms with E-state index < -0.39 is 30.3 Å². The maximum absolute atomic E-state index is 11.8. The first-order valence-corrected chi connectivity index (χ1v) is 13.0. The molecule has 0 heterocycles. The van der Waals surface area contributed by atoms with E-state index in [9.17, 15) is 19.2 Å². The fraction of sp³-hybridized carbons (Fsp3) is 0. The van der Waals surface area contributed by atoms with Gasteiger partial charge in [-0.1, -0.05) is 125 Å². The van der Waals surface area contributed by atoms with E-state index in [1.165, 1.54) is 12.2 Å². The number of rotatable bonds is 2. The van der Waals surface area contributed by atoms with Gasteiger partial charge in [0.2, 0.25) is 23.1 Å². The third-order valence-electron chi connectivity index (χ3n) is 6.05. The van der Waals surface area contributed by atoms with Crippen LogP contribution in [0.1, 0.15) is 37.4 Å². The fourth-order valence-corrected chi connectivity index (χ4v) is 4.64. The van der Waals surface area contributed by atoms with Crippen molar-refractivity contribution in [3.8, 4) is 0 Å². The molecule has 0 radical (unpaired) electrons. The Hall–Kier alpha value is -4.50. The van der Waals surface area contributed by atoms with Crippen LogP contribution in [0.2, 0.25) is 0 Å². The summed E-state index contributed by atoms with van der Waals surface area (Å²) in [6, 6.07) is 32.5. The zero-order valence-corrected chi connectivity index (χ0v) is 22.6. The molecule has 6 rings (SSSR count). The Kier molecular flexibility index (Phi) is 9.29. The van der Waals surface area contributed by atoms with Gasteiger partial charge in [-0.3, -0.25) is 19.2 Å². The Labute approximate surface area is 239 Å². The molecule has 0 unspecified atom stereocenters. The van der Waals surface area contributed by atoms with Crippen molar-refractivity contribution >= 4 is 61.7 Å². The summed E-state index contributed by atoms with van der Waals surface area (Å²) < 4.78 is 0.674. The molecule has 6 nitrogen and oxygen atoms in total. The number of ketones is 4. The second-order valence-corrected chi connectivity index (χ2v) is 9.53. The van der Waals surface area contributed by atoms with E-state index in [4.69, 9.17) is 10.0 Å². The van der Waals surface area contributed by atoms with Gasteiger partial charge in [0.1, 0.15) is 0 Å². The number of carbonyl (C=O) groups is 4. The average molecular weight is 593 g/mol. The van der Waals surface area contributed by atoms with Crippen LogP contribution in [-0.4, -0.2) is 40.3 Å². The summed E-state index contributed by atoms with van der Waals surface area (Å²) >= 11 is 3.24. The highest BCUT2D eigenvalue weighted by molar-refractivity contribution is 9.15. The Morgan fingerprint density at radius 1 is 0.500 bits per heavy atom. The first-order chi connectivity index (χ1) is 19.3. The molecular weight excluding hydrogens is 571 g/mol. The van der Waals surface area contributed by atoms with Crippen molar-refractivity contribution in [2.45, 2.75) is 0 Å². The van der Waals surface area contributed by atoms with Crippen LogP contribution in [0.15, 0.2) is 121 Å². The minimum atomic E-state index is -1.34. The summed E-state index contributed by atoms with van der Waals surface area (Å²) in [6.45, 7) is 0. The molecule has 0 saturated heterocycles. The van der Waals surface area contributed by atoms with Crippen molar-refractivity contribution in [1.29, 1.82) is 0 Å². The Bertz CT molecular complexity index is 1640. The predicted octanol–water partition coefficient (Wildman–Crippen LogP) is 4.44. The SMILES string of the molecule is O=C1C=C(Br)c2ccccc2C1=O.O=C1C=C(c2ccccc2)c2ccccc2C1=O.OB(O)c1ccccc1. The second kappa shape index (κ2) is 13.0.